The van der Waals surface area contributed by atoms with Crippen molar-refractivity contribution in [2.24, 2.45) is 0 Å². The van der Waals surface area contributed by atoms with Gasteiger partial charge in [0.15, 0.2) is 4.83 Å². The van der Waals surface area contributed by atoms with E-state index >= 15 is 0 Å². The Morgan fingerprint density at radius 1 is 1.04 bits per heavy atom. The van der Waals surface area contributed by atoms with Crippen LogP contribution in [0.1, 0.15) is 50.3 Å². The predicted octanol–water partition coefficient (Wildman–Crippen LogP) is 3.17. The van der Waals surface area contributed by atoms with Gasteiger partial charge in [-0.3, -0.25) is 9.58 Å². The Kier molecular flexibility index (Phi) is 10.4. The van der Waals surface area contributed by atoms with Gasteiger partial charge in [0.2, 0.25) is 5.95 Å². The molecule has 47 heavy (non-hydrogen) atoms. The normalized spacial score (nSPS) is 21.2. The van der Waals surface area contributed by atoms with E-state index in [1.165, 1.54) is 18.6 Å². The molecule has 2 aliphatic heterocycles. The molecule has 3 aromatic heterocycles. The summed E-state index contributed by atoms with van der Waals surface area (Å²) < 4.78 is 22.1. The molecule has 6 rings (SSSR count). The Bertz CT molecular complexity index is 1590. The maximum absolute atomic E-state index is 12.1. The van der Waals surface area contributed by atoms with E-state index < -0.39 is 11.9 Å². The lowest BCUT2D eigenvalue weighted by atomic mass is 9.89. The zero-order valence-corrected chi connectivity index (χ0v) is 27.0. The molecule has 252 valence electrons. The summed E-state index contributed by atoms with van der Waals surface area (Å²) in [7, 11) is 1.41. The second kappa shape index (κ2) is 15.0. The monoisotopic (exact) mass is 669 g/mol. The number of ether oxygens (including phenoxy) is 3. The molecule has 0 spiro atoms. The van der Waals surface area contributed by atoms with Gasteiger partial charge in [-0.05, 0) is 50.1 Å². The predicted molar refractivity (Wildman–Crippen MR) is 172 cm³/mol. The van der Waals surface area contributed by atoms with Crippen molar-refractivity contribution in [3.63, 3.8) is 0 Å². The summed E-state index contributed by atoms with van der Waals surface area (Å²) in [6.07, 6.45) is 10.7. The van der Waals surface area contributed by atoms with E-state index in [1.54, 1.807) is 11.1 Å². The van der Waals surface area contributed by atoms with Crippen LogP contribution in [0.3, 0.4) is 0 Å². The average molecular weight is 670 g/mol. The second-order valence-corrected chi connectivity index (χ2v) is 12.6. The van der Waals surface area contributed by atoms with Gasteiger partial charge in [0, 0.05) is 69.8 Å². The molecule has 16 nitrogen and oxygen atoms in total. The largest absolute Gasteiger partial charge is 0.478 e. The van der Waals surface area contributed by atoms with Crippen LogP contribution < -0.4 is 10.6 Å². The lowest BCUT2D eigenvalue weighted by molar-refractivity contribution is -0.139. The number of amides is 1. The third-order valence-corrected chi connectivity index (χ3v) is 9.62. The minimum Gasteiger partial charge on any atom is -0.478 e. The summed E-state index contributed by atoms with van der Waals surface area (Å²) in [5.74, 6) is -1.04. The van der Waals surface area contributed by atoms with E-state index in [0.29, 0.717) is 46.8 Å². The van der Waals surface area contributed by atoms with Gasteiger partial charge in [-0.2, -0.15) is 19.4 Å². The smallest absolute Gasteiger partial charge is 0.409 e. The number of carboxylic acid groups (broad SMARTS) is 1. The number of nitrogens with one attached hydrogen (secondary N) is 2. The summed E-state index contributed by atoms with van der Waals surface area (Å²) in [6.45, 7) is 4.26. The first-order chi connectivity index (χ1) is 22.9. The average Bonchev–Trinajstić information content (AvgIpc) is 3.74. The quantitative estimate of drug-likeness (QED) is 0.211. The van der Waals surface area contributed by atoms with Crippen molar-refractivity contribution in [3.05, 3.63) is 30.2 Å². The van der Waals surface area contributed by atoms with Crippen molar-refractivity contribution in [2.45, 2.75) is 63.3 Å². The van der Waals surface area contributed by atoms with Crippen molar-refractivity contribution >= 4 is 57.2 Å². The summed E-state index contributed by atoms with van der Waals surface area (Å²) in [5.41, 5.74) is 1.25. The van der Waals surface area contributed by atoms with Crippen molar-refractivity contribution in [1.82, 2.24) is 33.9 Å². The number of anilines is 3. The fourth-order valence-corrected chi connectivity index (χ4v) is 7.13. The van der Waals surface area contributed by atoms with Gasteiger partial charge in [-0.15, -0.1) is 0 Å². The molecule has 17 heteroatoms. The molecule has 0 unspecified atom stereocenters. The van der Waals surface area contributed by atoms with E-state index in [2.05, 4.69) is 25.0 Å². The molecule has 1 saturated carbocycles. The van der Waals surface area contributed by atoms with Crippen molar-refractivity contribution in [1.29, 1.82) is 0 Å². The number of hydrogen-bond donors (Lipinski definition) is 3. The van der Waals surface area contributed by atoms with Crippen LogP contribution in [0.2, 0.25) is 0 Å². The molecular formula is C30H39N9O7S. The first-order valence-corrected chi connectivity index (χ1v) is 16.6. The third-order valence-electron chi connectivity index (χ3n) is 8.84. The number of carbonyl (C=O) groups excluding carboxylic acids is 2. The highest BCUT2D eigenvalue weighted by Crippen LogP contribution is 2.33. The lowest BCUT2D eigenvalue weighted by Crippen LogP contribution is -2.53. The van der Waals surface area contributed by atoms with E-state index in [9.17, 15) is 14.4 Å². The molecule has 1 aliphatic carbocycles. The summed E-state index contributed by atoms with van der Waals surface area (Å²) in [4.78, 5) is 49.2. The van der Waals surface area contributed by atoms with Gasteiger partial charge in [-0.25, -0.2) is 14.4 Å². The Balaban J connectivity index is 1.16. The molecule has 0 radical (unpaired) electrons. The molecule has 3 fully saturated rings. The number of nitrogens with zero attached hydrogens (tertiary/aromatic N) is 7. The summed E-state index contributed by atoms with van der Waals surface area (Å²) in [5, 5.41) is 20.9. The van der Waals surface area contributed by atoms with Gasteiger partial charge in [-0.1, -0.05) is 0 Å². The van der Waals surface area contributed by atoms with Crippen molar-refractivity contribution in [2.75, 3.05) is 57.1 Å². The molecule has 5 heterocycles. The van der Waals surface area contributed by atoms with E-state index in [-0.39, 0.29) is 24.8 Å². The Morgan fingerprint density at radius 3 is 2.53 bits per heavy atom. The van der Waals surface area contributed by atoms with Crippen LogP contribution >= 0.6 is 11.5 Å². The number of fused-ring (bicyclic) bond motifs is 1. The fourth-order valence-electron chi connectivity index (χ4n) is 6.35. The minimum atomic E-state index is -1.24. The van der Waals surface area contributed by atoms with E-state index in [0.717, 1.165) is 82.7 Å². The van der Waals surface area contributed by atoms with Crippen LogP contribution in [-0.4, -0.2) is 116 Å². The molecule has 0 aromatic carbocycles. The second-order valence-electron chi connectivity index (χ2n) is 11.8. The number of carbonyl (C=O) groups is 3. The van der Waals surface area contributed by atoms with Crippen LogP contribution in [0, 0.1) is 0 Å². The first kappa shape index (κ1) is 32.6. The van der Waals surface area contributed by atoms with Crippen LogP contribution in [0.4, 0.5) is 22.2 Å². The molecule has 0 atom stereocenters. The standard InChI is InChI=1S/C30H39N9O7S/c1-44-30(43)38-12-10-37(11-13-38)21-4-2-19(3-5-21)32-27-26-23(18-46-25(42)7-6-24(40)41)36-47-28(26)35-29(34-27)33-20-16-31-39(17-20)22-8-14-45-15-9-22/h6-7,16-17,19,21-22H,2-5,8-15,18H2,1H3,(H,40,41)(H2,32,33,34,35)/b7-6-/t19-,21-. The van der Waals surface area contributed by atoms with Crippen LogP contribution in [0.5, 0.6) is 0 Å². The topological polar surface area (TPSA) is 186 Å². The molecule has 1 amide bonds. The highest BCUT2D eigenvalue weighted by atomic mass is 32.1. The maximum Gasteiger partial charge on any atom is 0.409 e. The van der Waals surface area contributed by atoms with Crippen LogP contribution in [-0.2, 0) is 30.4 Å². The molecule has 0 bridgehead atoms. The number of aromatic nitrogens is 5. The number of methoxy groups -OCH3 is 1. The molecule has 3 aliphatic rings. The summed E-state index contributed by atoms with van der Waals surface area (Å²) in [6, 6.07) is 0.877. The number of carboxylic acids is 1. The number of hydrogen-bond acceptors (Lipinski definition) is 14. The maximum atomic E-state index is 12.1. The van der Waals surface area contributed by atoms with Gasteiger partial charge >= 0.3 is 18.0 Å². The Morgan fingerprint density at radius 2 is 1.81 bits per heavy atom. The number of aliphatic carboxylic acids is 1. The Labute approximate surface area is 275 Å². The number of rotatable bonds is 10. The zero-order chi connectivity index (χ0) is 32.8. The SMILES string of the molecule is COC(=O)N1CCN([C@H]2CC[C@H](Nc3nc(Nc4cnn(C5CCOCC5)c4)nc4snc(COC(=O)/C=C\C(=O)O)c34)CC2)CC1. The minimum absolute atomic E-state index is 0.152. The Hall–Kier alpha value is -4.35. The molecule has 3 N–H and O–H groups in total. The van der Waals surface area contributed by atoms with Gasteiger partial charge < -0.3 is 34.9 Å². The highest BCUT2D eigenvalue weighted by Gasteiger charge is 2.30. The number of piperazine rings is 1. The van der Waals surface area contributed by atoms with Crippen molar-refractivity contribution in [3.8, 4) is 0 Å². The third kappa shape index (κ3) is 8.15. The highest BCUT2D eigenvalue weighted by molar-refractivity contribution is 7.13. The number of esters is 1. The zero-order valence-electron chi connectivity index (χ0n) is 26.2. The lowest BCUT2D eigenvalue weighted by Gasteiger charge is -2.41. The van der Waals surface area contributed by atoms with Crippen LogP contribution in [0.15, 0.2) is 24.5 Å². The van der Waals surface area contributed by atoms with Crippen LogP contribution in [0.25, 0.3) is 10.2 Å². The summed E-state index contributed by atoms with van der Waals surface area (Å²) >= 11 is 1.17. The van der Waals surface area contributed by atoms with Gasteiger partial charge in [0.1, 0.15) is 18.1 Å². The van der Waals surface area contributed by atoms with E-state index in [1.807, 2.05) is 10.9 Å². The fraction of sp³-hybridized carbons (Fsp3) is 0.567. The molecule has 3 aromatic rings. The van der Waals surface area contributed by atoms with E-state index in [4.69, 9.17) is 29.3 Å². The van der Waals surface area contributed by atoms with Gasteiger partial charge in [0.25, 0.3) is 0 Å². The van der Waals surface area contributed by atoms with Gasteiger partial charge in [0.05, 0.1) is 30.4 Å². The first-order valence-electron chi connectivity index (χ1n) is 15.8. The molecular weight excluding hydrogens is 630 g/mol. The van der Waals surface area contributed by atoms with Crippen molar-refractivity contribution < 1.29 is 33.7 Å². The molecule has 2 saturated heterocycles.